The van der Waals surface area contributed by atoms with Gasteiger partial charge in [0.15, 0.2) is 5.82 Å². The van der Waals surface area contributed by atoms with Gasteiger partial charge in [-0.3, -0.25) is 9.36 Å². The van der Waals surface area contributed by atoms with E-state index in [1.54, 1.807) is 12.3 Å². The van der Waals surface area contributed by atoms with Crippen LogP contribution in [-0.2, 0) is 11.8 Å². The van der Waals surface area contributed by atoms with Crippen LogP contribution in [0.3, 0.4) is 0 Å². The van der Waals surface area contributed by atoms with Crippen LogP contribution in [0.2, 0.25) is 0 Å². The number of nitrogens with zero attached hydrogens (tertiary/aromatic N) is 4. The molecule has 0 saturated carbocycles. The molecule has 4 rings (SSSR count). The van der Waals surface area contributed by atoms with Crippen LogP contribution >= 0.6 is 0 Å². The zero-order valence-electron chi connectivity index (χ0n) is 18.0. The smallest absolute Gasteiger partial charge is 0.244 e. The Morgan fingerprint density at radius 3 is 2.58 bits per heavy atom. The highest BCUT2D eigenvalue weighted by Crippen LogP contribution is 2.23. The molecule has 7 heteroatoms. The first-order valence-corrected chi connectivity index (χ1v) is 10.1. The maximum absolute atomic E-state index is 12.8. The van der Waals surface area contributed by atoms with Crippen LogP contribution in [0.15, 0.2) is 65.5 Å². The summed E-state index contributed by atoms with van der Waals surface area (Å²) in [4.78, 5) is 17.2. The zero-order valence-corrected chi connectivity index (χ0v) is 18.0. The van der Waals surface area contributed by atoms with Gasteiger partial charge in [-0.1, -0.05) is 35.5 Å². The lowest BCUT2D eigenvalue weighted by Crippen LogP contribution is -2.29. The van der Waals surface area contributed by atoms with E-state index in [1.807, 2.05) is 91.7 Å². The molecule has 0 spiro atoms. The Bertz CT molecular complexity index is 1230. The fraction of sp³-hybridized carbons (Fsp3) is 0.208. The van der Waals surface area contributed by atoms with Gasteiger partial charge in [-0.05, 0) is 44.0 Å². The Morgan fingerprint density at radius 1 is 1.16 bits per heavy atom. The molecule has 0 saturated heterocycles. The number of imidazole rings is 1. The van der Waals surface area contributed by atoms with Crippen molar-refractivity contribution in [1.29, 1.82) is 0 Å². The van der Waals surface area contributed by atoms with Gasteiger partial charge in [0, 0.05) is 43.0 Å². The number of benzene rings is 1. The Labute approximate surface area is 181 Å². The molecule has 3 heterocycles. The van der Waals surface area contributed by atoms with Crippen LogP contribution in [0.5, 0.6) is 0 Å². The van der Waals surface area contributed by atoms with Gasteiger partial charge in [0.25, 0.3) is 0 Å². The highest BCUT2D eigenvalue weighted by molar-refractivity contribution is 5.92. The molecule has 0 aliphatic carbocycles. The third kappa shape index (κ3) is 4.21. The fourth-order valence-corrected chi connectivity index (χ4v) is 3.72. The molecule has 31 heavy (non-hydrogen) atoms. The number of nitrogens with one attached hydrogen (secondary N) is 1. The van der Waals surface area contributed by atoms with Gasteiger partial charge in [-0.15, -0.1) is 0 Å². The topological polar surface area (TPSA) is 77.9 Å². The Hall–Kier alpha value is -3.87. The highest BCUT2D eigenvalue weighted by atomic mass is 16.5. The van der Waals surface area contributed by atoms with Gasteiger partial charge in [0.1, 0.15) is 17.6 Å². The van der Waals surface area contributed by atoms with Crippen molar-refractivity contribution in [2.45, 2.75) is 26.8 Å². The van der Waals surface area contributed by atoms with E-state index < -0.39 is 0 Å². The minimum atomic E-state index is -0.344. The SMILES string of the molecule is Cc1cc(-n2c(C)cc(C=CC(=O)NC(c3ccccc3)c3nccn3C)c2C)no1. The molecule has 3 aromatic heterocycles. The quantitative estimate of drug-likeness (QED) is 0.482. The van der Waals surface area contributed by atoms with Crippen LogP contribution in [0.25, 0.3) is 11.9 Å². The van der Waals surface area contributed by atoms with E-state index in [0.717, 1.165) is 39.9 Å². The van der Waals surface area contributed by atoms with E-state index in [2.05, 4.69) is 15.5 Å². The van der Waals surface area contributed by atoms with Crippen LogP contribution in [0.1, 0.15) is 40.1 Å². The monoisotopic (exact) mass is 415 g/mol. The lowest BCUT2D eigenvalue weighted by atomic mass is 10.1. The normalized spacial score (nSPS) is 12.4. The van der Waals surface area contributed by atoms with E-state index in [4.69, 9.17) is 4.52 Å². The van der Waals surface area contributed by atoms with Crippen LogP contribution < -0.4 is 5.32 Å². The van der Waals surface area contributed by atoms with E-state index >= 15 is 0 Å². The third-order valence-corrected chi connectivity index (χ3v) is 5.27. The summed E-state index contributed by atoms with van der Waals surface area (Å²) in [5.74, 6) is 2.06. The first kappa shape index (κ1) is 20.4. The van der Waals surface area contributed by atoms with Crippen LogP contribution in [0.4, 0.5) is 0 Å². The summed E-state index contributed by atoms with van der Waals surface area (Å²) >= 11 is 0. The summed E-state index contributed by atoms with van der Waals surface area (Å²) in [6.07, 6.45) is 6.97. The predicted molar refractivity (Wildman–Crippen MR) is 119 cm³/mol. The molecule has 0 radical (unpaired) electrons. The second-order valence-corrected chi connectivity index (χ2v) is 7.54. The Morgan fingerprint density at radius 2 is 1.94 bits per heavy atom. The highest BCUT2D eigenvalue weighted by Gasteiger charge is 2.20. The van der Waals surface area contributed by atoms with Gasteiger partial charge in [0.05, 0.1) is 0 Å². The Kier molecular flexibility index (Phi) is 5.58. The summed E-state index contributed by atoms with van der Waals surface area (Å²) in [6.45, 7) is 5.86. The second-order valence-electron chi connectivity index (χ2n) is 7.54. The summed E-state index contributed by atoms with van der Waals surface area (Å²) in [5.41, 5.74) is 3.92. The zero-order chi connectivity index (χ0) is 22.0. The Balaban J connectivity index is 1.57. The minimum absolute atomic E-state index is 0.195. The number of hydrogen-bond donors (Lipinski definition) is 1. The lowest BCUT2D eigenvalue weighted by molar-refractivity contribution is -0.117. The first-order chi connectivity index (χ1) is 14.9. The van der Waals surface area contributed by atoms with Gasteiger partial charge in [-0.2, -0.15) is 0 Å². The average molecular weight is 415 g/mol. The van der Waals surface area contributed by atoms with E-state index in [0.29, 0.717) is 0 Å². The van der Waals surface area contributed by atoms with Gasteiger partial charge < -0.3 is 14.4 Å². The second kappa shape index (κ2) is 8.47. The van der Waals surface area contributed by atoms with Crippen LogP contribution in [-0.4, -0.2) is 25.2 Å². The van der Waals surface area contributed by atoms with E-state index in [1.165, 1.54) is 0 Å². The number of amides is 1. The average Bonchev–Trinajstić information content (AvgIpc) is 3.44. The largest absolute Gasteiger partial charge is 0.360 e. The van der Waals surface area contributed by atoms with Crippen molar-refractivity contribution < 1.29 is 9.32 Å². The number of carbonyl (C=O) groups is 1. The molecular formula is C24H25N5O2. The number of rotatable bonds is 6. The molecule has 1 atom stereocenters. The van der Waals surface area contributed by atoms with E-state index in [-0.39, 0.29) is 11.9 Å². The maximum atomic E-state index is 12.8. The molecule has 4 aromatic rings. The number of aryl methyl sites for hydroxylation is 3. The van der Waals surface area contributed by atoms with Crippen molar-refractivity contribution in [2.75, 3.05) is 0 Å². The summed E-state index contributed by atoms with van der Waals surface area (Å²) in [5, 5.41) is 7.18. The lowest BCUT2D eigenvalue weighted by Gasteiger charge is -2.18. The van der Waals surface area contributed by atoms with Crippen molar-refractivity contribution in [3.05, 3.63) is 95.0 Å². The molecule has 1 amide bonds. The van der Waals surface area contributed by atoms with Crippen LogP contribution in [0, 0.1) is 20.8 Å². The molecule has 0 bridgehead atoms. The fourth-order valence-electron chi connectivity index (χ4n) is 3.72. The molecule has 158 valence electrons. The van der Waals surface area contributed by atoms with Crippen molar-refractivity contribution in [1.82, 2.24) is 24.6 Å². The molecule has 7 nitrogen and oxygen atoms in total. The van der Waals surface area contributed by atoms with Crippen molar-refractivity contribution in [2.24, 2.45) is 7.05 Å². The van der Waals surface area contributed by atoms with E-state index in [9.17, 15) is 4.79 Å². The molecule has 1 N–H and O–H groups in total. The number of hydrogen-bond acceptors (Lipinski definition) is 4. The maximum Gasteiger partial charge on any atom is 0.244 e. The molecule has 0 aliphatic rings. The molecular weight excluding hydrogens is 390 g/mol. The molecule has 0 fully saturated rings. The summed E-state index contributed by atoms with van der Waals surface area (Å²) < 4.78 is 9.13. The standard InChI is InChI=1S/C24H25N5O2/c1-16-14-20(18(3)29(16)21-15-17(2)31-27-21)10-11-22(30)26-23(19-8-6-5-7-9-19)24-25-12-13-28(24)4/h5-15,23H,1-4H3,(H,26,30). The van der Waals surface area contributed by atoms with Gasteiger partial charge in [-0.25, -0.2) is 4.98 Å². The van der Waals surface area contributed by atoms with Crippen molar-refractivity contribution in [3.63, 3.8) is 0 Å². The summed E-state index contributed by atoms with van der Waals surface area (Å²) in [7, 11) is 1.92. The summed E-state index contributed by atoms with van der Waals surface area (Å²) in [6, 6.07) is 13.4. The first-order valence-electron chi connectivity index (χ1n) is 10.1. The van der Waals surface area contributed by atoms with Gasteiger partial charge >= 0.3 is 0 Å². The van der Waals surface area contributed by atoms with Gasteiger partial charge in [0.2, 0.25) is 5.91 Å². The van der Waals surface area contributed by atoms with Crippen molar-refractivity contribution in [3.8, 4) is 5.82 Å². The predicted octanol–water partition coefficient (Wildman–Crippen LogP) is 4.04. The molecule has 1 aromatic carbocycles. The molecule has 1 unspecified atom stereocenters. The molecule has 0 aliphatic heterocycles. The minimum Gasteiger partial charge on any atom is -0.360 e. The van der Waals surface area contributed by atoms with Crippen molar-refractivity contribution >= 4 is 12.0 Å². The third-order valence-electron chi connectivity index (χ3n) is 5.27. The number of aromatic nitrogens is 4. The number of carbonyl (C=O) groups excluding carboxylic acids is 1.